The van der Waals surface area contributed by atoms with Crippen LogP contribution in [0.15, 0.2) is 0 Å². The second-order valence-corrected chi connectivity index (χ2v) is 5.11. The molecule has 1 aliphatic heterocycles. The van der Waals surface area contributed by atoms with Crippen LogP contribution < -0.4 is 10.6 Å². The van der Waals surface area contributed by atoms with Gasteiger partial charge in [0.05, 0.1) is 5.92 Å². The third-order valence-electron chi connectivity index (χ3n) is 4.23. The highest BCUT2D eigenvalue weighted by Gasteiger charge is 2.35. The molecule has 2 rings (SSSR count). The number of carbonyl (C=O) groups excluding carboxylic acids is 1. The summed E-state index contributed by atoms with van der Waals surface area (Å²) in [6, 6.07) is 0. The molecule has 1 atom stereocenters. The van der Waals surface area contributed by atoms with Crippen molar-refractivity contribution in [1.82, 2.24) is 10.6 Å². The minimum Gasteiger partial charge on any atom is -0.355 e. The molecular formula is C12H22N2O. The van der Waals surface area contributed by atoms with E-state index in [4.69, 9.17) is 0 Å². The van der Waals surface area contributed by atoms with Crippen molar-refractivity contribution in [1.29, 1.82) is 0 Å². The number of hydrogen-bond acceptors (Lipinski definition) is 2. The minimum absolute atomic E-state index is 0.221. The monoisotopic (exact) mass is 210 g/mol. The lowest BCUT2D eigenvalue weighted by atomic mass is 9.67. The Hall–Kier alpha value is -0.570. The van der Waals surface area contributed by atoms with Crippen molar-refractivity contribution in [3.05, 3.63) is 0 Å². The van der Waals surface area contributed by atoms with Crippen molar-refractivity contribution in [3.8, 4) is 0 Å². The van der Waals surface area contributed by atoms with E-state index in [1.165, 1.54) is 25.7 Å². The summed E-state index contributed by atoms with van der Waals surface area (Å²) in [5.41, 5.74) is 0.446. The highest BCUT2D eigenvalue weighted by atomic mass is 16.1. The predicted molar refractivity (Wildman–Crippen MR) is 60.6 cm³/mol. The fourth-order valence-electron chi connectivity index (χ4n) is 2.63. The first-order valence-corrected chi connectivity index (χ1v) is 6.24. The molecule has 0 aromatic heterocycles. The van der Waals surface area contributed by atoms with Gasteiger partial charge in [-0.05, 0) is 37.6 Å². The van der Waals surface area contributed by atoms with Crippen molar-refractivity contribution in [2.45, 2.75) is 39.0 Å². The van der Waals surface area contributed by atoms with Gasteiger partial charge in [-0.2, -0.15) is 0 Å². The zero-order valence-electron chi connectivity index (χ0n) is 9.64. The summed E-state index contributed by atoms with van der Waals surface area (Å²) in [6.45, 7) is 5.00. The van der Waals surface area contributed by atoms with Gasteiger partial charge >= 0.3 is 0 Å². The Morgan fingerprint density at radius 3 is 2.80 bits per heavy atom. The van der Waals surface area contributed by atoms with Crippen LogP contribution in [-0.2, 0) is 4.79 Å². The Kier molecular flexibility index (Phi) is 3.29. The smallest absolute Gasteiger partial charge is 0.224 e. The molecule has 0 bridgehead atoms. The molecule has 86 valence electrons. The number of nitrogens with one attached hydrogen (secondary N) is 2. The maximum Gasteiger partial charge on any atom is 0.224 e. The number of amides is 1. The van der Waals surface area contributed by atoms with Crippen LogP contribution in [-0.4, -0.2) is 25.5 Å². The van der Waals surface area contributed by atoms with Gasteiger partial charge in [-0.25, -0.2) is 0 Å². The first kappa shape index (κ1) is 10.9. The van der Waals surface area contributed by atoms with Crippen LogP contribution in [0.25, 0.3) is 0 Å². The van der Waals surface area contributed by atoms with E-state index < -0.39 is 0 Å². The second kappa shape index (κ2) is 4.52. The Morgan fingerprint density at radius 1 is 1.53 bits per heavy atom. The molecule has 1 heterocycles. The van der Waals surface area contributed by atoms with Crippen LogP contribution in [0.4, 0.5) is 0 Å². The fourth-order valence-corrected chi connectivity index (χ4v) is 2.63. The van der Waals surface area contributed by atoms with E-state index in [1.807, 2.05) is 0 Å². The summed E-state index contributed by atoms with van der Waals surface area (Å²) >= 11 is 0. The van der Waals surface area contributed by atoms with Gasteiger partial charge in [-0.3, -0.25) is 4.79 Å². The Morgan fingerprint density at radius 2 is 2.33 bits per heavy atom. The summed E-state index contributed by atoms with van der Waals surface area (Å²) in [5.74, 6) is 0.485. The average Bonchev–Trinajstić information content (AvgIpc) is 2.69. The summed E-state index contributed by atoms with van der Waals surface area (Å²) in [7, 11) is 0. The third-order valence-corrected chi connectivity index (χ3v) is 4.23. The molecule has 0 spiro atoms. The van der Waals surface area contributed by atoms with E-state index in [-0.39, 0.29) is 11.8 Å². The van der Waals surface area contributed by atoms with Gasteiger partial charge in [-0.15, -0.1) is 0 Å². The van der Waals surface area contributed by atoms with E-state index in [9.17, 15) is 4.79 Å². The molecule has 1 unspecified atom stereocenters. The minimum atomic E-state index is 0.221. The maximum atomic E-state index is 11.8. The summed E-state index contributed by atoms with van der Waals surface area (Å²) in [6.07, 6.45) is 6.15. The van der Waals surface area contributed by atoms with Gasteiger partial charge in [0.2, 0.25) is 5.91 Å². The van der Waals surface area contributed by atoms with Gasteiger partial charge in [0.25, 0.3) is 0 Å². The molecule has 15 heavy (non-hydrogen) atoms. The maximum absolute atomic E-state index is 11.8. The summed E-state index contributed by atoms with van der Waals surface area (Å²) in [4.78, 5) is 11.8. The molecule has 1 saturated heterocycles. The molecule has 0 aromatic rings. The number of rotatable bonds is 4. The first-order chi connectivity index (χ1) is 7.26. The molecule has 1 saturated carbocycles. The molecule has 0 radical (unpaired) electrons. The molecule has 3 nitrogen and oxygen atoms in total. The Labute approximate surface area is 92.0 Å². The van der Waals surface area contributed by atoms with Gasteiger partial charge in [0, 0.05) is 13.1 Å². The molecular weight excluding hydrogens is 188 g/mol. The molecule has 0 aromatic carbocycles. The predicted octanol–water partition coefficient (Wildman–Crippen LogP) is 1.29. The second-order valence-electron chi connectivity index (χ2n) is 5.11. The first-order valence-electron chi connectivity index (χ1n) is 6.24. The van der Waals surface area contributed by atoms with Crippen LogP contribution in [0.3, 0.4) is 0 Å². The quantitative estimate of drug-likeness (QED) is 0.734. The standard InChI is InChI=1S/C12H22N2O/c1-2-12(5-3-6-12)9-14-11(15)10-4-7-13-8-10/h10,13H,2-9H2,1H3,(H,14,15). The van der Waals surface area contributed by atoms with Crippen molar-refractivity contribution in [2.24, 2.45) is 11.3 Å². The molecule has 1 amide bonds. The van der Waals surface area contributed by atoms with Crippen LogP contribution >= 0.6 is 0 Å². The normalized spacial score (nSPS) is 28.5. The topological polar surface area (TPSA) is 41.1 Å². The SMILES string of the molecule is CCC1(CNC(=O)C2CCNC2)CCC1. The zero-order valence-corrected chi connectivity index (χ0v) is 9.64. The lowest BCUT2D eigenvalue weighted by molar-refractivity contribution is -0.125. The van der Waals surface area contributed by atoms with Crippen LogP contribution in [0, 0.1) is 11.3 Å². The highest BCUT2D eigenvalue weighted by molar-refractivity contribution is 5.79. The van der Waals surface area contributed by atoms with E-state index in [1.54, 1.807) is 0 Å². The van der Waals surface area contributed by atoms with E-state index in [0.717, 1.165) is 26.1 Å². The van der Waals surface area contributed by atoms with Gasteiger partial charge in [-0.1, -0.05) is 13.3 Å². The zero-order chi connectivity index (χ0) is 10.7. The van der Waals surface area contributed by atoms with Crippen LogP contribution in [0.1, 0.15) is 39.0 Å². The van der Waals surface area contributed by atoms with Crippen molar-refractivity contribution in [2.75, 3.05) is 19.6 Å². The lowest BCUT2D eigenvalue weighted by Crippen LogP contribution is -2.43. The van der Waals surface area contributed by atoms with E-state index in [2.05, 4.69) is 17.6 Å². The van der Waals surface area contributed by atoms with Crippen molar-refractivity contribution in [3.63, 3.8) is 0 Å². The number of hydrogen-bond donors (Lipinski definition) is 2. The summed E-state index contributed by atoms with van der Waals surface area (Å²) in [5, 5.41) is 6.37. The Balaban J connectivity index is 1.74. The lowest BCUT2D eigenvalue weighted by Gasteiger charge is -2.41. The molecule has 2 N–H and O–H groups in total. The van der Waals surface area contributed by atoms with E-state index >= 15 is 0 Å². The molecule has 2 aliphatic rings. The van der Waals surface area contributed by atoms with Crippen LogP contribution in [0.5, 0.6) is 0 Å². The fraction of sp³-hybridized carbons (Fsp3) is 0.917. The van der Waals surface area contributed by atoms with Gasteiger partial charge in [0.1, 0.15) is 0 Å². The molecule has 2 fully saturated rings. The van der Waals surface area contributed by atoms with Gasteiger partial charge in [0.15, 0.2) is 0 Å². The highest BCUT2D eigenvalue weighted by Crippen LogP contribution is 2.43. The summed E-state index contributed by atoms with van der Waals surface area (Å²) < 4.78 is 0. The van der Waals surface area contributed by atoms with Crippen LogP contribution in [0.2, 0.25) is 0 Å². The third kappa shape index (κ3) is 2.33. The van der Waals surface area contributed by atoms with Crippen molar-refractivity contribution >= 4 is 5.91 Å². The average molecular weight is 210 g/mol. The molecule has 1 aliphatic carbocycles. The Bertz CT molecular complexity index is 224. The van der Waals surface area contributed by atoms with Gasteiger partial charge < -0.3 is 10.6 Å². The molecule has 3 heteroatoms. The number of carbonyl (C=O) groups is 1. The van der Waals surface area contributed by atoms with E-state index in [0.29, 0.717) is 5.41 Å². The van der Waals surface area contributed by atoms with Crippen molar-refractivity contribution < 1.29 is 4.79 Å². The largest absolute Gasteiger partial charge is 0.355 e.